The molecule has 0 bridgehead atoms. The summed E-state index contributed by atoms with van der Waals surface area (Å²) < 4.78 is 6.66. The molecule has 0 aliphatic heterocycles. The average molecular weight is 485 g/mol. The Kier molecular flexibility index (Phi) is 11.1. The molecule has 0 unspecified atom stereocenters. The van der Waals surface area contributed by atoms with Crippen LogP contribution in [0.15, 0.2) is 57.8 Å². The molecule has 0 saturated heterocycles. The molecule has 0 fully saturated rings. The largest absolute Gasteiger partial charge is 0.439 e. The van der Waals surface area contributed by atoms with Crippen molar-refractivity contribution >= 4 is 70.7 Å². The molecule has 0 amide bonds. The Morgan fingerprint density at radius 3 is 2.39 bits per heavy atom. The Morgan fingerprint density at radius 1 is 1.09 bits per heavy atom. The van der Waals surface area contributed by atoms with Gasteiger partial charge >= 0.3 is 5.76 Å². The van der Waals surface area contributed by atoms with Crippen molar-refractivity contribution in [3.8, 4) is 22.5 Å². The third-order valence-electron chi connectivity index (χ3n) is 5.23. The van der Waals surface area contributed by atoms with Crippen LogP contribution in [0.4, 0.5) is 0 Å². The van der Waals surface area contributed by atoms with Crippen molar-refractivity contribution < 1.29 is 9.63 Å². The Bertz CT molecular complexity index is 1240. The summed E-state index contributed by atoms with van der Waals surface area (Å²) in [6, 6.07) is 15.8. The molecule has 2 aromatic heterocycles. The fourth-order valence-electron chi connectivity index (χ4n) is 3.63. The quantitative estimate of drug-likeness (QED) is 0.372. The summed E-state index contributed by atoms with van der Waals surface area (Å²) in [7, 11) is 0. The van der Waals surface area contributed by atoms with Crippen LogP contribution in [0, 0.1) is 0 Å². The summed E-state index contributed by atoms with van der Waals surface area (Å²) in [5.74, 6) is 0.698. The van der Waals surface area contributed by atoms with E-state index in [2.05, 4.69) is 26.6 Å². The number of hydrogen-bond acceptors (Lipinski definition) is 5. The number of hydrogen-bond donors (Lipinski definition) is 2. The summed E-state index contributed by atoms with van der Waals surface area (Å²) in [5.41, 5.74) is 4.41. The molecule has 2 heterocycles. The smallest absolute Gasteiger partial charge is 0.390 e. The molecule has 0 spiro atoms. The third kappa shape index (κ3) is 6.50. The number of aromatic amines is 1. The van der Waals surface area contributed by atoms with Crippen molar-refractivity contribution in [3.63, 3.8) is 0 Å². The Labute approximate surface area is 241 Å². The predicted molar refractivity (Wildman–Crippen MR) is 130 cm³/mol. The van der Waals surface area contributed by atoms with Crippen LogP contribution in [0.1, 0.15) is 36.8 Å². The molecule has 4 aromatic rings. The van der Waals surface area contributed by atoms with E-state index in [1.165, 1.54) is 0 Å². The third-order valence-corrected chi connectivity index (χ3v) is 5.54. The zero-order valence-electron chi connectivity index (χ0n) is 19.1. The molecule has 4 rings (SSSR count). The van der Waals surface area contributed by atoms with Gasteiger partial charge in [0.1, 0.15) is 5.82 Å². The number of aliphatic hydroxyl groups excluding tert-OH is 1. The average Bonchev–Trinajstić information content (AvgIpc) is 3.35. The van der Waals surface area contributed by atoms with Gasteiger partial charge in [0.2, 0.25) is 0 Å². The Morgan fingerprint density at radius 2 is 1.79 bits per heavy atom. The molecule has 2 N–H and O–H groups in total. The monoisotopic (exact) mass is 484 g/mol. The van der Waals surface area contributed by atoms with Crippen molar-refractivity contribution in [2.75, 3.05) is 0 Å². The van der Waals surface area contributed by atoms with Gasteiger partial charge in [-0.25, -0.2) is 9.78 Å². The molecule has 0 saturated carbocycles. The SMILES string of the molecule is CCCCc1nc(Cl)c(CO)n1Cc1ccc(-c2ccccc2-c2noc(=O)[nH]2)cc1.[Na].[Na]. The summed E-state index contributed by atoms with van der Waals surface area (Å²) in [4.78, 5) is 18.4. The second-order valence-corrected chi connectivity index (χ2v) is 7.66. The van der Waals surface area contributed by atoms with E-state index in [1.54, 1.807) is 0 Å². The van der Waals surface area contributed by atoms with E-state index in [1.807, 2.05) is 53.1 Å². The van der Waals surface area contributed by atoms with Crippen LogP contribution in [-0.4, -0.2) is 83.9 Å². The van der Waals surface area contributed by atoms with Crippen LogP contribution in [0.5, 0.6) is 0 Å². The molecule has 33 heavy (non-hydrogen) atoms. The summed E-state index contributed by atoms with van der Waals surface area (Å²) in [6.45, 7) is 2.56. The molecular weight excluding hydrogens is 462 g/mol. The van der Waals surface area contributed by atoms with Gasteiger partial charge in [0.05, 0.1) is 12.3 Å². The fraction of sp³-hybridized carbons (Fsp3) is 0.261. The predicted octanol–water partition coefficient (Wildman–Crippen LogP) is 3.67. The van der Waals surface area contributed by atoms with E-state index >= 15 is 0 Å². The number of aromatic nitrogens is 4. The molecule has 7 nitrogen and oxygen atoms in total. The van der Waals surface area contributed by atoms with Crippen molar-refractivity contribution in [1.82, 2.24) is 19.7 Å². The number of nitrogens with zero attached hydrogens (tertiary/aromatic N) is 3. The van der Waals surface area contributed by atoms with E-state index in [9.17, 15) is 9.90 Å². The van der Waals surface area contributed by atoms with Gasteiger partial charge in [-0.05, 0) is 23.1 Å². The normalized spacial score (nSPS) is 10.5. The fourth-order valence-corrected chi connectivity index (χ4v) is 3.89. The van der Waals surface area contributed by atoms with Crippen LogP contribution in [0.2, 0.25) is 5.15 Å². The van der Waals surface area contributed by atoms with Crippen molar-refractivity contribution in [2.45, 2.75) is 39.3 Å². The van der Waals surface area contributed by atoms with Gasteiger partial charge in [0.25, 0.3) is 0 Å². The van der Waals surface area contributed by atoms with Gasteiger partial charge in [0.15, 0.2) is 11.0 Å². The van der Waals surface area contributed by atoms with Gasteiger partial charge in [0, 0.05) is 77.6 Å². The van der Waals surface area contributed by atoms with Crippen molar-refractivity contribution in [2.24, 2.45) is 0 Å². The second-order valence-electron chi connectivity index (χ2n) is 7.30. The van der Waals surface area contributed by atoms with Crippen LogP contribution in [-0.2, 0) is 19.6 Å². The van der Waals surface area contributed by atoms with Gasteiger partial charge < -0.3 is 9.67 Å². The first kappa shape index (κ1) is 28.1. The number of nitrogens with one attached hydrogen (secondary N) is 1. The van der Waals surface area contributed by atoms with Crippen LogP contribution >= 0.6 is 11.6 Å². The summed E-state index contributed by atoms with van der Waals surface area (Å²) in [5, 5.41) is 13.9. The molecular formula is C23H23ClN4Na2O3. The molecule has 0 aliphatic rings. The van der Waals surface area contributed by atoms with E-state index in [0.717, 1.165) is 47.3 Å². The number of H-pyrrole nitrogens is 1. The number of unbranched alkanes of at least 4 members (excludes halogenated alkanes) is 1. The van der Waals surface area contributed by atoms with Crippen molar-refractivity contribution in [3.05, 3.63) is 81.3 Å². The number of imidazole rings is 1. The van der Waals surface area contributed by atoms with Crippen LogP contribution < -0.4 is 5.76 Å². The molecule has 2 aromatic carbocycles. The number of aryl methyl sites for hydroxylation is 1. The maximum Gasteiger partial charge on any atom is 0.439 e. The molecule has 0 atom stereocenters. The first-order valence-electron chi connectivity index (χ1n) is 10.2. The van der Waals surface area contributed by atoms with E-state index in [-0.39, 0.29) is 65.7 Å². The summed E-state index contributed by atoms with van der Waals surface area (Å²) >= 11 is 6.25. The van der Waals surface area contributed by atoms with E-state index < -0.39 is 5.76 Å². The molecule has 2 radical (unpaired) electrons. The van der Waals surface area contributed by atoms with Gasteiger partial charge in [-0.2, -0.15) is 0 Å². The Hall–Kier alpha value is -1.16. The topological polar surface area (TPSA) is 96.9 Å². The minimum Gasteiger partial charge on any atom is -0.390 e. The van der Waals surface area contributed by atoms with Gasteiger partial charge in [-0.15, -0.1) is 0 Å². The second kappa shape index (κ2) is 13.1. The van der Waals surface area contributed by atoms with Gasteiger partial charge in [-0.1, -0.05) is 78.6 Å². The van der Waals surface area contributed by atoms with Crippen LogP contribution in [0.25, 0.3) is 22.5 Å². The number of halogens is 1. The minimum absolute atomic E-state index is 0. The molecule has 162 valence electrons. The maximum absolute atomic E-state index is 11.4. The van der Waals surface area contributed by atoms with E-state index in [0.29, 0.717) is 23.2 Å². The van der Waals surface area contributed by atoms with Crippen molar-refractivity contribution in [1.29, 1.82) is 0 Å². The molecule has 0 aliphatic carbocycles. The molecule has 10 heteroatoms. The van der Waals surface area contributed by atoms with Crippen LogP contribution in [0.3, 0.4) is 0 Å². The van der Waals surface area contributed by atoms with Gasteiger partial charge in [-0.3, -0.25) is 9.51 Å². The number of benzene rings is 2. The maximum atomic E-state index is 11.4. The first-order valence-corrected chi connectivity index (χ1v) is 10.6. The zero-order chi connectivity index (χ0) is 21.8. The number of aliphatic hydroxyl groups is 1. The first-order chi connectivity index (χ1) is 15.1. The summed E-state index contributed by atoms with van der Waals surface area (Å²) in [6.07, 6.45) is 2.89. The minimum atomic E-state index is -0.585. The zero-order valence-corrected chi connectivity index (χ0v) is 23.9. The Balaban J connectivity index is 0.00000193. The standard InChI is InChI=1S/C23H23ClN4O3.2Na/c1-2-3-8-20-25-21(24)19(14-29)28(20)13-15-9-11-16(12-10-15)17-6-4-5-7-18(17)22-26-23(30)31-27-22;;/h4-7,9-12,29H,2-3,8,13-14H2,1H3,(H,26,27,30);;. The van der Waals surface area contributed by atoms with E-state index in [4.69, 9.17) is 11.6 Å². The number of rotatable bonds is 8.